The van der Waals surface area contributed by atoms with Gasteiger partial charge in [-0.15, -0.1) is 0 Å². The summed E-state index contributed by atoms with van der Waals surface area (Å²) in [7, 11) is -2.56. The summed E-state index contributed by atoms with van der Waals surface area (Å²) in [5, 5.41) is 9.82. The average molecular weight is 391 g/mol. The molecule has 0 heterocycles. The van der Waals surface area contributed by atoms with E-state index in [-0.39, 0.29) is 11.4 Å². The predicted molar refractivity (Wildman–Crippen MR) is 103 cm³/mol. The molecule has 1 unspecified atom stereocenters. The molecule has 2 aromatic rings. The minimum absolute atomic E-state index is 0.0229. The van der Waals surface area contributed by atoms with Crippen LogP contribution in [0.25, 0.3) is 0 Å². The van der Waals surface area contributed by atoms with Gasteiger partial charge >= 0.3 is 5.97 Å². The van der Waals surface area contributed by atoms with E-state index < -0.39 is 27.4 Å². The second kappa shape index (κ2) is 8.10. The molecule has 6 nitrogen and oxygen atoms in total. The third-order valence-corrected chi connectivity index (χ3v) is 6.01. The number of nitrogens with zero attached hydrogens (tertiary/aromatic N) is 1. The second-order valence-corrected chi connectivity index (χ2v) is 9.21. The highest BCUT2D eigenvalue weighted by Crippen LogP contribution is 2.31. The Bertz CT molecular complexity index is 871. The van der Waals surface area contributed by atoms with Crippen molar-refractivity contribution in [1.29, 1.82) is 0 Å². The van der Waals surface area contributed by atoms with Crippen molar-refractivity contribution in [3.05, 3.63) is 60.2 Å². The van der Waals surface area contributed by atoms with Crippen molar-refractivity contribution < 1.29 is 23.1 Å². The van der Waals surface area contributed by atoms with Crippen LogP contribution in [-0.4, -0.2) is 37.0 Å². The first kappa shape index (κ1) is 20.9. The van der Waals surface area contributed by atoms with Crippen molar-refractivity contribution in [2.75, 3.05) is 7.11 Å². The van der Waals surface area contributed by atoms with Crippen LogP contribution >= 0.6 is 0 Å². The Labute approximate surface area is 160 Å². The highest BCUT2D eigenvalue weighted by Gasteiger charge is 2.43. The summed E-state index contributed by atoms with van der Waals surface area (Å²) < 4.78 is 32.8. The van der Waals surface area contributed by atoms with Crippen molar-refractivity contribution in [3.63, 3.8) is 0 Å². The molecule has 0 bridgehead atoms. The van der Waals surface area contributed by atoms with Crippen molar-refractivity contribution in [2.45, 2.75) is 38.3 Å². The maximum Gasteiger partial charge on any atom is 0.322 e. The first-order valence-corrected chi connectivity index (χ1v) is 9.94. The largest absolute Gasteiger partial charge is 0.497 e. The fourth-order valence-corrected chi connectivity index (χ4v) is 4.64. The van der Waals surface area contributed by atoms with Gasteiger partial charge in [-0.3, -0.25) is 4.79 Å². The molecule has 0 aliphatic heterocycles. The van der Waals surface area contributed by atoms with E-state index in [1.54, 1.807) is 57.2 Å². The molecule has 0 saturated heterocycles. The summed E-state index contributed by atoms with van der Waals surface area (Å²) in [5.41, 5.74) is -0.0924. The van der Waals surface area contributed by atoms with E-state index in [0.29, 0.717) is 11.3 Å². The molecule has 2 rings (SSSR count). The summed E-state index contributed by atoms with van der Waals surface area (Å²) in [6, 6.07) is 13.7. The summed E-state index contributed by atoms with van der Waals surface area (Å²) in [5.74, 6) is -0.662. The average Bonchev–Trinajstić information content (AvgIpc) is 2.60. The Kier molecular flexibility index (Phi) is 6.28. The zero-order valence-corrected chi connectivity index (χ0v) is 16.7. The van der Waals surface area contributed by atoms with Gasteiger partial charge in [-0.05, 0) is 35.2 Å². The lowest BCUT2D eigenvalue weighted by molar-refractivity contribution is -0.145. The topological polar surface area (TPSA) is 83.9 Å². The number of benzene rings is 2. The summed E-state index contributed by atoms with van der Waals surface area (Å²) in [6.45, 7) is 5.11. The molecule has 146 valence electrons. The van der Waals surface area contributed by atoms with E-state index in [4.69, 9.17) is 4.74 Å². The normalized spacial score (nSPS) is 13.4. The molecule has 0 aliphatic rings. The van der Waals surface area contributed by atoms with Crippen LogP contribution in [0.4, 0.5) is 0 Å². The minimum atomic E-state index is -4.05. The molecule has 2 aromatic carbocycles. The molecule has 27 heavy (non-hydrogen) atoms. The van der Waals surface area contributed by atoms with Crippen molar-refractivity contribution >= 4 is 16.0 Å². The van der Waals surface area contributed by atoms with Gasteiger partial charge < -0.3 is 9.84 Å². The maximum atomic E-state index is 13.4. The monoisotopic (exact) mass is 391 g/mol. The molecule has 0 radical (unpaired) electrons. The number of hydrogen-bond donors (Lipinski definition) is 1. The van der Waals surface area contributed by atoms with Crippen molar-refractivity contribution in [1.82, 2.24) is 4.31 Å². The van der Waals surface area contributed by atoms with Crippen molar-refractivity contribution in [2.24, 2.45) is 5.41 Å². The summed E-state index contributed by atoms with van der Waals surface area (Å²) in [6.07, 6.45) is 0. The third-order valence-electron chi connectivity index (χ3n) is 4.19. The van der Waals surface area contributed by atoms with Crippen LogP contribution in [0.3, 0.4) is 0 Å². The van der Waals surface area contributed by atoms with Gasteiger partial charge in [0.05, 0.1) is 12.0 Å². The Morgan fingerprint density at radius 2 is 1.63 bits per heavy atom. The Hall–Kier alpha value is -2.38. The Morgan fingerprint density at radius 3 is 2.07 bits per heavy atom. The second-order valence-electron chi connectivity index (χ2n) is 7.32. The quantitative estimate of drug-likeness (QED) is 0.782. The van der Waals surface area contributed by atoms with Gasteiger partial charge in [-0.25, -0.2) is 8.42 Å². The molecule has 0 spiro atoms. The number of methoxy groups -OCH3 is 1. The molecule has 0 amide bonds. The van der Waals surface area contributed by atoms with Gasteiger partial charge in [0.1, 0.15) is 11.8 Å². The fraction of sp³-hybridized carbons (Fsp3) is 0.350. The zero-order chi connectivity index (χ0) is 20.2. The van der Waals surface area contributed by atoms with E-state index in [2.05, 4.69) is 0 Å². The molecule has 0 aliphatic carbocycles. The maximum absolute atomic E-state index is 13.4. The van der Waals surface area contributed by atoms with Gasteiger partial charge in [-0.1, -0.05) is 51.1 Å². The van der Waals surface area contributed by atoms with E-state index in [1.807, 2.05) is 6.07 Å². The summed E-state index contributed by atoms with van der Waals surface area (Å²) in [4.78, 5) is 12.1. The van der Waals surface area contributed by atoms with Gasteiger partial charge in [0.15, 0.2) is 0 Å². The Morgan fingerprint density at radius 1 is 1.07 bits per heavy atom. The number of aliphatic carboxylic acids is 1. The molecular formula is C20H25NO5S. The number of carboxylic acids is 1. The van der Waals surface area contributed by atoms with E-state index >= 15 is 0 Å². The van der Waals surface area contributed by atoms with Crippen LogP contribution in [-0.2, 0) is 21.4 Å². The SMILES string of the molecule is COc1ccc(S(=O)(=O)N(Cc2ccccc2)C(C(=O)O)C(C)(C)C)cc1. The molecule has 0 aromatic heterocycles. The molecule has 1 N–H and O–H groups in total. The number of rotatable bonds is 7. The standard InChI is InChI=1S/C20H25NO5S/c1-20(2,3)18(19(22)23)21(14-15-8-6-5-7-9-15)27(24,25)17-12-10-16(26-4)11-13-17/h5-13,18H,14H2,1-4H3,(H,22,23). The van der Waals surface area contributed by atoms with Gasteiger partial charge in [0.25, 0.3) is 0 Å². The van der Waals surface area contributed by atoms with Gasteiger partial charge in [-0.2, -0.15) is 4.31 Å². The number of hydrogen-bond acceptors (Lipinski definition) is 4. The van der Waals surface area contributed by atoms with E-state index in [0.717, 1.165) is 4.31 Å². The number of carbonyl (C=O) groups is 1. The first-order valence-electron chi connectivity index (χ1n) is 8.50. The van der Waals surface area contributed by atoms with Crippen LogP contribution in [0.1, 0.15) is 26.3 Å². The molecule has 7 heteroatoms. The van der Waals surface area contributed by atoms with Crippen molar-refractivity contribution in [3.8, 4) is 5.75 Å². The highest BCUT2D eigenvalue weighted by molar-refractivity contribution is 7.89. The van der Waals surface area contributed by atoms with Crippen LogP contribution in [0.5, 0.6) is 5.75 Å². The molecule has 1 atom stereocenters. The number of sulfonamides is 1. The van der Waals surface area contributed by atoms with Gasteiger partial charge in [0.2, 0.25) is 10.0 Å². The van der Waals surface area contributed by atoms with Gasteiger partial charge in [0, 0.05) is 6.54 Å². The molecular weight excluding hydrogens is 366 g/mol. The summed E-state index contributed by atoms with van der Waals surface area (Å²) >= 11 is 0. The molecule has 0 saturated carbocycles. The van der Waals surface area contributed by atoms with E-state index in [9.17, 15) is 18.3 Å². The lowest BCUT2D eigenvalue weighted by Crippen LogP contribution is -2.51. The minimum Gasteiger partial charge on any atom is -0.497 e. The Balaban J connectivity index is 2.57. The van der Waals surface area contributed by atoms with Crippen LogP contribution in [0.2, 0.25) is 0 Å². The highest BCUT2D eigenvalue weighted by atomic mass is 32.2. The smallest absolute Gasteiger partial charge is 0.322 e. The van der Waals surface area contributed by atoms with E-state index in [1.165, 1.54) is 19.2 Å². The first-order chi connectivity index (χ1) is 12.6. The lowest BCUT2D eigenvalue weighted by Gasteiger charge is -2.36. The fourth-order valence-electron chi connectivity index (χ4n) is 2.89. The number of ether oxygens (including phenoxy) is 1. The predicted octanol–water partition coefficient (Wildman–Crippen LogP) is 3.39. The van der Waals surface area contributed by atoms with Crippen LogP contribution in [0.15, 0.2) is 59.5 Å². The van der Waals surface area contributed by atoms with Crippen LogP contribution < -0.4 is 4.74 Å². The third kappa shape index (κ3) is 4.87. The lowest BCUT2D eigenvalue weighted by atomic mass is 9.86. The number of carboxylic acid groups (broad SMARTS) is 1. The van der Waals surface area contributed by atoms with Crippen LogP contribution in [0, 0.1) is 5.41 Å². The zero-order valence-electron chi connectivity index (χ0n) is 15.9. The molecule has 0 fully saturated rings.